The molecular formula is C10H8O4. The van der Waals surface area contributed by atoms with E-state index in [0.717, 1.165) is 0 Å². The lowest BCUT2D eigenvalue weighted by atomic mass is 8.92. The van der Waals surface area contributed by atoms with Crippen molar-refractivity contribution in [2.75, 3.05) is 0 Å². The van der Waals surface area contributed by atoms with Gasteiger partial charge in [-0.25, -0.2) is 0 Å². The summed E-state index contributed by atoms with van der Waals surface area (Å²) in [5.74, 6) is 0.173. The molecular weight excluding hydrogens is 184 g/mol. The molecule has 2 N–H and O–H groups in total. The SMILES string of the molecule is O=C(O)C12C3C4C1C1C2C3C41C(=O)O. The van der Waals surface area contributed by atoms with Crippen LogP contribution in [0, 0.1) is 46.3 Å². The van der Waals surface area contributed by atoms with Crippen LogP contribution >= 0.6 is 0 Å². The van der Waals surface area contributed by atoms with Crippen molar-refractivity contribution in [2.45, 2.75) is 0 Å². The molecule has 0 bridgehead atoms. The number of rotatable bonds is 2. The lowest BCUT2D eigenvalue weighted by molar-refractivity contribution is -0.628. The van der Waals surface area contributed by atoms with Crippen LogP contribution in [0.5, 0.6) is 0 Å². The maximum atomic E-state index is 11.1. The molecule has 0 heterocycles. The Labute approximate surface area is 78.9 Å². The van der Waals surface area contributed by atoms with E-state index in [9.17, 15) is 9.59 Å². The molecule has 0 aromatic carbocycles. The van der Waals surface area contributed by atoms with Gasteiger partial charge in [0.15, 0.2) is 0 Å². The summed E-state index contributed by atoms with van der Waals surface area (Å²) in [6.07, 6.45) is 0. The summed E-state index contributed by atoms with van der Waals surface area (Å²) in [5.41, 5.74) is -0.839. The van der Waals surface area contributed by atoms with E-state index in [-0.39, 0.29) is 35.5 Å². The smallest absolute Gasteiger partial charge is 0.310 e. The maximum absolute atomic E-state index is 11.1. The van der Waals surface area contributed by atoms with E-state index in [0.29, 0.717) is 0 Å². The van der Waals surface area contributed by atoms with Gasteiger partial charge in [-0.05, 0) is 35.5 Å². The minimum atomic E-state index is -0.653. The molecule has 0 atom stereocenters. The van der Waals surface area contributed by atoms with Crippen LogP contribution in [-0.2, 0) is 9.59 Å². The maximum Gasteiger partial charge on any atom is 0.310 e. The summed E-state index contributed by atoms with van der Waals surface area (Å²) in [5, 5.41) is 18.3. The van der Waals surface area contributed by atoms with Crippen molar-refractivity contribution in [3.8, 4) is 0 Å². The van der Waals surface area contributed by atoms with E-state index in [1.807, 2.05) is 0 Å². The number of carboxylic acid groups (broad SMARTS) is 2. The fourth-order valence-electron chi connectivity index (χ4n) is 6.38. The molecule has 6 aliphatic carbocycles. The van der Waals surface area contributed by atoms with Crippen molar-refractivity contribution in [2.24, 2.45) is 46.3 Å². The van der Waals surface area contributed by atoms with E-state index >= 15 is 0 Å². The van der Waals surface area contributed by atoms with Crippen LogP contribution in [0.25, 0.3) is 0 Å². The van der Waals surface area contributed by atoms with E-state index in [4.69, 9.17) is 10.2 Å². The summed E-state index contributed by atoms with van der Waals surface area (Å²) in [6.45, 7) is 0. The van der Waals surface area contributed by atoms with Crippen molar-refractivity contribution < 1.29 is 19.8 Å². The van der Waals surface area contributed by atoms with E-state index < -0.39 is 22.8 Å². The van der Waals surface area contributed by atoms with E-state index in [1.165, 1.54) is 0 Å². The van der Waals surface area contributed by atoms with Gasteiger partial charge in [0, 0.05) is 0 Å². The molecule has 4 nitrogen and oxygen atoms in total. The van der Waals surface area contributed by atoms with Crippen molar-refractivity contribution in [1.29, 1.82) is 0 Å². The average Bonchev–Trinajstić information content (AvgIpc) is 2.16. The molecule has 6 saturated carbocycles. The number of hydrogen-bond donors (Lipinski definition) is 2. The lowest BCUT2D eigenvalue weighted by Crippen LogP contribution is -3.12. The third-order valence-electron chi connectivity index (χ3n) is 6.37. The zero-order valence-electron chi connectivity index (χ0n) is 7.18. The van der Waals surface area contributed by atoms with Crippen molar-refractivity contribution in [3.05, 3.63) is 0 Å². The zero-order chi connectivity index (χ0) is 9.62. The first kappa shape index (κ1) is 6.43. The Morgan fingerprint density at radius 3 is 1.07 bits per heavy atom. The molecule has 0 saturated heterocycles. The quantitative estimate of drug-likeness (QED) is 0.640. The molecule has 0 amide bonds. The summed E-state index contributed by atoms with van der Waals surface area (Å²) >= 11 is 0. The standard InChI is InChI=1S/C10H8O4/c11-7(12)9-1-2-4(9)6-5(9)3(1)10(2,6)8(13)14/h1-6H,(H,11,12)(H,13,14). The van der Waals surface area contributed by atoms with Crippen molar-refractivity contribution >= 4 is 11.9 Å². The first-order valence-electron chi connectivity index (χ1n) is 5.09. The van der Waals surface area contributed by atoms with Gasteiger partial charge in [-0.3, -0.25) is 9.59 Å². The molecule has 4 heteroatoms. The van der Waals surface area contributed by atoms with Crippen molar-refractivity contribution in [1.82, 2.24) is 0 Å². The summed E-state index contributed by atoms with van der Waals surface area (Å²) in [6, 6.07) is 0. The highest BCUT2D eigenvalue weighted by molar-refractivity contribution is 5.95. The molecule has 0 aromatic rings. The number of aliphatic carboxylic acids is 2. The Bertz CT molecular complexity index is 355. The molecule has 0 aliphatic heterocycles. The van der Waals surface area contributed by atoms with Crippen LogP contribution in [0.15, 0.2) is 0 Å². The van der Waals surface area contributed by atoms with Crippen LogP contribution in [-0.4, -0.2) is 22.2 Å². The Hall–Kier alpha value is -1.06. The first-order valence-corrected chi connectivity index (χ1v) is 5.09. The Morgan fingerprint density at radius 2 is 0.929 bits per heavy atom. The molecule has 6 aliphatic rings. The van der Waals surface area contributed by atoms with Crippen LogP contribution in [0.2, 0.25) is 0 Å². The molecule has 0 aromatic heterocycles. The molecule has 72 valence electrons. The number of hydrogen-bond acceptors (Lipinski definition) is 2. The van der Waals surface area contributed by atoms with Gasteiger partial charge in [-0.1, -0.05) is 0 Å². The fraction of sp³-hybridized carbons (Fsp3) is 0.800. The van der Waals surface area contributed by atoms with Gasteiger partial charge in [-0.15, -0.1) is 0 Å². The van der Waals surface area contributed by atoms with Gasteiger partial charge in [0.05, 0.1) is 10.8 Å². The highest BCUT2D eigenvalue weighted by Gasteiger charge is 3.13. The number of carbonyl (C=O) groups is 2. The first-order chi connectivity index (χ1) is 6.62. The minimum Gasteiger partial charge on any atom is -0.481 e. The summed E-state index contributed by atoms with van der Waals surface area (Å²) in [7, 11) is 0. The van der Waals surface area contributed by atoms with Crippen LogP contribution in [0.1, 0.15) is 0 Å². The third-order valence-corrected chi connectivity index (χ3v) is 6.37. The molecule has 6 rings (SSSR count). The molecule has 0 spiro atoms. The topological polar surface area (TPSA) is 74.6 Å². The third kappa shape index (κ3) is 0.215. The fourth-order valence-corrected chi connectivity index (χ4v) is 6.38. The van der Waals surface area contributed by atoms with Gasteiger partial charge in [0.1, 0.15) is 0 Å². The highest BCUT2D eigenvalue weighted by atomic mass is 16.4. The van der Waals surface area contributed by atoms with Gasteiger partial charge in [0.2, 0.25) is 0 Å². The van der Waals surface area contributed by atoms with Crippen LogP contribution in [0.4, 0.5) is 0 Å². The summed E-state index contributed by atoms with van der Waals surface area (Å²) in [4.78, 5) is 22.2. The summed E-state index contributed by atoms with van der Waals surface area (Å²) < 4.78 is 0. The Morgan fingerprint density at radius 1 is 0.714 bits per heavy atom. The largest absolute Gasteiger partial charge is 0.481 e. The average molecular weight is 192 g/mol. The predicted octanol–water partition coefficient (Wildman–Crippen LogP) is -0.106. The minimum absolute atomic E-state index is 0.246. The highest BCUT2D eigenvalue weighted by Crippen LogP contribution is 3.10. The normalized spacial score (nSPS) is 76.9. The van der Waals surface area contributed by atoms with Gasteiger partial charge in [0.25, 0.3) is 0 Å². The van der Waals surface area contributed by atoms with Crippen molar-refractivity contribution in [3.63, 3.8) is 0 Å². The van der Waals surface area contributed by atoms with Crippen LogP contribution < -0.4 is 0 Å². The number of carboxylic acids is 2. The predicted molar refractivity (Wildman–Crippen MR) is 41.1 cm³/mol. The van der Waals surface area contributed by atoms with Gasteiger partial charge >= 0.3 is 11.9 Å². The monoisotopic (exact) mass is 192 g/mol. The molecule has 14 heavy (non-hydrogen) atoms. The second-order valence-corrected chi connectivity index (χ2v) is 5.63. The van der Waals surface area contributed by atoms with Gasteiger partial charge in [-0.2, -0.15) is 0 Å². The van der Waals surface area contributed by atoms with E-state index in [2.05, 4.69) is 0 Å². The molecule has 0 radical (unpaired) electrons. The lowest BCUT2D eigenvalue weighted by Gasteiger charge is -3.08. The Kier molecular flexibility index (Phi) is 0.538. The molecule has 0 unspecified atom stereocenters. The Balaban J connectivity index is 1.66. The van der Waals surface area contributed by atoms with Gasteiger partial charge < -0.3 is 10.2 Å². The molecule has 6 fully saturated rings. The van der Waals surface area contributed by atoms with E-state index in [1.54, 1.807) is 0 Å². The second-order valence-electron chi connectivity index (χ2n) is 5.63. The zero-order valence-corrected chi connectivity index (χ0v) is 7.18. The van der Waals surface area contributed by atoms with Crippen LogP contribution in [0.3, 0.4) is 0 Å². The second kappa shape index (κ2) is 1.17.